The van der Waals surface area contributed by atoms with Crippen molar-refractivity contribution in [2.75, 3.05) is 6.61 Å². The van der Waals surface area contributed by atoms with Crippen LogP contribution in [0, 0.1) is 13.8 Å². The molecule has 1 fully saturated rings. The van der Waals surface area contributed by atoms with Gasteiger partial charge in [-0.25, -0.2) is 4.98 Å². The Morgan fingerprint density at radius 1 is 1.29 bits per heavy atom. The maximum absolute atomic E-state index is 5.96. The van der Waals surface area contributed by atoms with E-state index in [4.69, 9.17) is 4.74 Å². The summed E-state index contributed by atoms with van der Waals surface area (Å²) in [5.41, 5.74) is 3.78. The third-order valence-electron chi connectivity index (χ3n) is 3.85. The van der Waals surface area contributed by atoms with E-state index in [1.165, 1.54) is 29.5 Å². The van der Waals surface area contributed by atoms with E-state index in [1.54, 1.807) is 6.20 Å². The van der Waals surface area contributed by atoms with Crippen LogP contribution in [0.4, 0.5) is 0 Å². The van der Waals surface area contributed by atoms with E-state index in [9.17, 15) is 0 Å². The highest BCUT2D eigenvalue weighted by Crippen LogP contribution is 2.26. The minimum atomic E-state index is 0.664. The van der Waals surface area contributed by atoms with Crippen molar-refractivity contribution in [1.82, 2.24) is 14.9 Å². The number of hydrogen-bond donors (Lipinski definition) is 1. The van der Waals surface area contributed by atoms with Crippen molar-refractivity contribution in [2.45, 2.75) is 45.8 Å². The Labute approximate surface area is 126 Å². The first kappa shape index (κ1) is 14.1. The molecule has 1 aliphatic rings. The lowest BCUT2D eigenvalue weighted by Gasteiger charge is -2.14. The standard InChI is InChI=1S/C17H23N3O/c1-13-9-15(11-19-16-3-4-16)10-14(2)17(13)21-8-7-20-6-5-18-12-20/h5-6,9-10,12,16,19H,3-4,7-8,11H2,1-2H3. The lowest BCUT2D eigenvalue weighted by Crippen LogP contribution is -2.15. The molecule has 0 bridgehead atoms. The van der Waals surface area contributed by atoms with Gasteiger partial charge in [-0.2, -0.15) is 0 Å². The van der Waals surface area contributed by atoms with E-state index in [2.05, 4.69) is 36.3 Å². The predicted octanol–water partition coefficient (Wildman–Crippen LogP) is 2.83. The smallest absolute Gasteiger partial charge is 0.125 e. The minimum absolute atomic E-state index is 0.664. The molecule has 0 radical (unpaired) electrons. The Morgan fingerprint density at radius 3 is 2.67 bits per heavy atom. The molecule has 1 aromatic carbocycles. The third kappa shape index (κ3) is 3.85. The van der Waals surface area contributed by atoms with Crippen LogP contribution in [0.2, 0.25) is 0 Å². The summed E-state index contributed by atoms with van der Waals surface area (Å²) in [6, 6.07) is 5.21. The zero-order valence-electron chi connectivity index (χ0n) is 12.8. The molecule has 3 rings (SSSR count). The second-order valence-corrected chi connectivity index (χ2v) is 5.86. The first-order valence-electron chi connectivity index (χ1n) is 7.64. The van der Waals surface area contributed by atoms with Gasteiger partial charge in [0.05, 0.1) is 12.9 Å². The highest BCUT2D eigenvalue weighted by atomic mass is 16.5. The average molecular weight is 285 g/mol. The number of imidazole rings is 1. The third-order valence-corrected chi connectivity index (χ3v) is 3.85. The van der Waals surface area contributed by atoms with Crippen LogP contribution in [0.5, 0.6) is 5.75 Å². The molecule has 1 aliphatic carbocycles. The summed E-state index contributed by atoms with van der Waals surface area (Å²) in [6.07, 6.45) is 8.21. The van der Waals surface area contributed by atoms with Crippen molar-refractivity contribution in [1.29, 1.82) is 0 Å². The molecule has 1 N–H and O–H groups in total. The van der Waals surface area contributed by atoms with E-state index in [1.807, 2.05) is 17.1 Å². The fraction of sp³-hybridized carbons (Fsp3) is 0.471. The summed E-state index contributed by atoms with van der Waals surface area (Å²) < 4.78 is 7.99. The van der Waals surface area contributed by atoms with E-state index in [-0.39, 0.29) is 0 Å². The maximum atomic E-state index is 5.96. The molecule has 21 heavy (non-hydrogen) atoms. The number of rotatable bonds is 7. The lowest BCUT2D eigenvalue weighted by molar-refractivity contribution is 0.294. The fourth-order valence-electron chi connectivity index (χ4n) is 2.59. The first-order chi connectivity index (χ1) is 10.2. The van der Waals surface area contributed by atoms with Gasteiger partial charge in [0.25, 0.3) is 0 Å². The number of ether oxygens (including phenoxy) is 1. The van der Waals surface area contributed by atoms with Crippen molar-refractivity contribution in [2.24, 2.45) is 0 Å². The normalized spacial score (nSPS) is 14.4. The van der Waals surface area contributed by atoms with Gasteiger partial charge in [0.15, 0.2) is 0 Å². The van der Waals surface area contributed by atoms with Crippen molar-refractivity contribution in [3.05, 3.63) is 47.5 Å². The minimum Gasteiger partial charge on any atom is -0.491 e. The molecule has 0 spiro atoms. The van der Waals surface area contributed by atoms with Gasteiger partial charge in [0.2, 0.25) is 0 Å². The predicted molar refractivity (Wildman–Crippen MR) is 83.5 cm³/mol. The molecule has 1 heterocycles. The lowest BCUT2D eigenvalue weighted by atomic mass is 10.1. The zero-order chi connectivity index (χ0) is 14.7. The highest BCUT2D eigenvalue weighted by molar-refractivity contribution is 5.43. The number of aryl methyl sites for hydroxylation is 2. The van der Waals surface area contributed by atoms with Crippen LogP contribution in [0.15, 0.2) is 30.9 Å². The van der Waals surface area contributed by atoms with Gasteiger partial charge >= 0.3 is 0 Å². The molecule has 1 saturated carbocycles. The summed E-state index contributed by atoms with van der Waals surface area (Å²) in [4.78, 5) is 4.03. The van der Waals surface area contributed by atoms with Gasteiger partial charge in [0.1, 0.15) is 12.4 Å². The van der Waals surface area contributed by atoms with Crippen LogP contribution in [0.1, 0.15) is 29.5 Å². The van der Waals surface area contributed by atoms with Crippen LogP contribution in [-0.2, 0) is 13.1 Å². The number of aromatic nitrogens is 2. The summed E-state index contributed by atoms with van der Waals surface area (Å²) >= 11 is 0. The second kappa shape index (κ2) is 6.31. The monoisotopic (exact) mass is 285 g/mol. The van der Waals surface area contributed by atoms with Gasteiger partial charge in [-0.1, -0.05) is 12.1 Å². The molecular formula is C17H23N3O. The quantitative estimate of drug-likeness (QED) is 0.850. The first-order valence-corrected chi connectivity index (χ1v) is 7.64. The molecule has 0 aliphatic heterocycles. The van der Waals surface area contributed by atoms with Crippen molar-refractivity contribution < 1.29 is 4.74 Å². The number of benzene rings is 1. The molecule has 0 amide bonds. The topological polar surface area (TPSA) is 39.1 Å². The van der Waals surface area contributed by atoms with Crippen LogP contribution in [-0.4, -0.2) is 22.2 Å². The van der Waals surface area contributed by atoms with Gasteiger partial charge in [-0.15, -0.1) is 0 Å². The molecule has 4 nitrogen and oxygen atoms in total. The molecule has 112 valence electrons. The second-order valence-electron chi connectivity index (χ2n) is 5.86. The summed E-state index contributed by atoms with van der Waals surface area (Å²) in [5, 5.41) is 3.56. The number of nitrogens with zero attached hydrogens (tertiary/aromatic N) is 2. The largest absolute Gasteiger partial charge is 0.491 e. The highest BCUT2D eigenvalue weighted by Gasteiger charge is 2.20. The van der Waals surface area contributed by atoms with Gasteiger partial charge in [-0.3, -0.25) is 0 Å². The molecule has 4 heteroatoms. The Morgan fingerprint density at radius 2 is 2.05 bits per heavy atom. The summed E-state index contributed by atoms with van der Waals surface area (Å²) in [7, 11) is 0. The molecular weight excluding hydrogens is 262 g/mol. The number of hydrogen-bond acceptors (Lipinski definition) is 3. The van der Waals surface area contributed by atoms with Gasteiger partial charge < -0.3 is 14.6 Å². The Balaban J connectivity index is 1.58. The number of nitrogens with one attached hydrogen (secondary N) is 1. The van der Waals surface area contributed by atoms with Crippen LogP contribution in [0.3, 0.4) is 0 Å². The summed E-state index contributed by atoms with van der Waals surface area (Å²) in [5.74, 6) is 1.02. The van der Waals surface area contributed by atoms with E-state index in [0.29, 0.717) is 6.61 Å². The maximum Gasteiger partial charge on any atom is 0.125 e. The Hall–Kier alpha value is -1.81. The van der Waals surface area contributed by atoms with Crippen molar-refractivity contribution >= 4 is 0 Å². The Kier molecular flexibility index (Phi) is 4.25. The van der Waals surface area contributed by atoms with Crippen molar-refractivity contribution in [3.8, 4) is 5.75 Å². The Bertz CT molecular complexity index is 565. The molecule has 2 aromatic rings. The van der Waals surface area contributed by atoms with Crippen molar-refractivity contribution in [3.63, 3.8) is 0 Å². The van der Waals surface area contributed by atoms with Crippen LogP contribution in [0.25, 0.3) is 0 Å². The fourth-order valence-corrected chi connectivity index (χ4v) is 2.59. The molecule has 0 unspecified atom stereocenters. The van der Waals surface area contributed by atoms with E-state index in [0.717, 1.165) is 24.9 Å². The van der Waals surface area contributed by atoms with Gasteiger partial charge in [-0.05, 0) is 43.4 Å². The van der Waals surface area contributed by atoms with Gasteiger partial charge in [0, 0.05) is 25.0 Å². The average Bonchev–Trinajstić information content (AvgIpc) is 3.14. The SMILES string of the molecule is Cc1cc(CNC2CC2)cc(C)c1OCCn1ccnc1. The molecule has 1 aromatic heterocycles. The zero-order valence-corrected chi connectivity index (χ0v) is 12.8. The molecule has 0 saturated heterocycles. The van der Waals surface area contributed by atoms with E-state index >= 15 is 0 Å². The van der Waals surface area contributed by atoms with Crippen LogP contribution < -0.4 is 10.1 Å². The molecule has 0 atom stereocenters. The van der Waals surface area contributed by atoms with Crippen LogP contribution >= 0.6 is 0 Å². The summed E-state index contributed by atoms with van der Waals surface area (Å²) in [6.45, 7) is 6.70. The van der Waals surface area contributed by atoms with E-state index < -0.39 is 0 Å².